The Kier molecular flexibility index (Phi) is 8.20. The summed E-state index contributed by atoms with van der Waals surface area (Å²) in [5.41, 5.74) is 3.36. The van der Waals surface area contributed by atoms with Crippen molar-refractivity contribution in [2.75, 3.05) is 27.5 Å². The number of methoxy groups -OCH3 is 1. The number of ether oxygens (including phenoxy) is 2. The van der Waals surface area contributed by atoms with Crippen molar-refractivity contribution >= 4 is 5.71 Å². The topological polar surface area (TPSA) is 66.4 Å². The summed E-state index contributed by atoms with van der Waals surface area (Å²) in [5.74, 6) is 7.23. The zero-order valence-electron chi connectivity index (χ0n) is 15.3. The van der Waals surface area contributed by atoms with Crippen molar-refractivity contribution in [1.82, 2.24) is 10.6 Å². The zero-order chi connectivity index (χ0) is 18.6. The molecule has 0 aromatic heterocycles. The van der Waals surface area contributed by atoms with Gasteiger partial charge in [0.25, 0.3) is 0 Å². The molecule has 0 atom stereocenters. The van der Waals surface area contributed by atoms with E-state index in [0.29, 0.717) is 25.3 Å². The lowest BCUT2D eigenvalue weighted by Crippen LogP contribution is -2.27. The standard InChI is InChI=1S/C21H25N3O2/c1-23-21(19-12-5-6-13-20(19)22)24-14-8-7-10-17-9-3-4-11-18(17)15-26-16-25-2/h3-6,9,11-13,22-24H,8,14-16H2,1-2H3/b21-19+,22-20?. The highest BCUT2D eigenvalue weighted by Crippen LogP contribution is 2.10. The summed E-state index contributed by atoms with van der Waals surface area (Å²) in [6.07, 6.45) is 8.17. The maximum absolute atomic E-state index is 7.98. The number of allylic oxidation sites excluding steroid dienone is 5. The molecule has 0 unspecified atom stereocenters. The summed E-state index contributed by atoms with van der Waals surface area (Å²) in [7, 11) is 3.45. The van der Waals surface area contributed by atoms with E-state index in [2.05, 4.69) is 22.5 Å². The molecular weight excluding hydrogens is 326 g/mol. The Balaban J connectivity index is 1.91. The van der Waals surface area contributed by atoms with Crippen LogP contribution in [0.2, 0.25) is 0 Å². The van der Waals surface area contributed by atoms with Crippen LogP contribution in [0.5, 0.6) is 0 Å². The normalized spacial score (nSPS) is 14.6. The van der Waals surface area contributed by atoms with Gasteiger partial charge in [0.05, 0.1) is 12.3 Å². The quantitative estimate of drug-likeness (QED) is 0.383. The SMILES string of the molecule is CN/C(NCCC#Cc1ccccc1COCOC)=C1/C=CC=CC1=N. The van der Waals surface area contributed by atoms with Crippen LogP contribution in [0.1, 0.15) is 17.5 Å². The molecule has 2 rings (SSSR count). The fourth-order valence-electron chi connectivity index (χ4n) is 2.43. The minimum Gasteiger partial charge on any atom is -0.374 e. The van der Waals surface area contributed by atoms with Gasteiger partial charge in [-0.05, 0) is 23.8 Å². The third-order valence-corrected chi connectivity index (χ3v) is 3.70. The van der Waals surface area contributed by atoms with Crippen LogP contribution in [-0.2, 0) is 16.1 Å². The molecule has 0 saturated carbocycles. The van der Waals surface area contributed by atoms with E-state index in [0.717, 1.165) is 22.5 Å². The van der Waals surface area contributed by atoms with E-state index >= 15 is 0 Å². The third kappa shape index (κ3) is 5.92. The van der Waals surface area contributed by atoms with E-state index in [1.165, 1.54) is 0 Å². The van der Waals surface area contributed by atoms with Crippen molar-refractivity contribution in [3.63, 3.8) is 0 Å². The Bertz CT molecular complexity index is 767. The van der Waals surface area contributed by atoms with Gasteiger partial charge in [0.2, 0.25) is 0 Å². The molecule has 26 heavy (non-hydrogen) atoms. The van der Waals surface area contributed by atoms with Crippen LogP contribution in [0.25, 0.3) is 0 Å². The van der Waals surface area contributed by atoms with Gasteiger partial charge in [0.15, 0.2) is 0 Å². The molecule has 0 aliphatic heterocycles. The van der Waals surface area contributed by atoms with Gasteiger partial charge >= 0.3 is 0 Å². The molecule has 136 valence electrons. The molecule has 5 nitrogen and oxygen atoms in total. The first-order chi connectivity index (χ1) is 12.8. The summed E-state index contributed by atoms with van der Waals surface area (Å²) in [6.45, 7) is 1.44. The molecule has 0 heterocycles. The molecule has 1 aromatic carbocycles. The molecule has 0 bridgehead atoms. The maximum Gasteiger partial charge on any atom is 0.146 e. The maximum atomic E-state index is 7.98. The summed E-state index contributed by atoms with van der Waals surface area (Å²) in [5, 5.41) is 14.4. The highest BCUT2D eigenvalue weighted by Gasteiger charge is 2.07. The lowest BCUT2D eigenvalue weighted by Gasteiger charge is -2.14. The minimum absolute atomic E-state index is 0.270. The van der Waals surface area contributed by atoms with Crippen LogP contribution < -0.4 is 10.6 Å². The lowest BCUT2D eigenvalue weighted by atomic mass is 10.1. The van der Waals surface area contributed by atoms with E-state index < -0.39 is 0 Å². The van der Waals surface area contributed by atoms with Crippen LogP contribution in [0, 0.1) is 17.3 Å². The number of hydrogen-bond donors (Lipinski definition) is 3. The summed E-state index contributed by atoms with van der Waals surface area (Å²) in [6, 6.07) is 7.95. The predicted molar refractivity (Wildman–Crippen MR) is 105 cm³/mol. The molecule has 3 N–H and O–H groups in total. The summed E-state index contributed by atoms with van der Waals surface area (Å²) in [4.78, 5) is 0. The Morgan fingerprint density at radius 2 is 2.00 bits per heavy atom. The molecule has 1 aliphatic carbocycles. The Hall–Kier alpha value is -2.81. The molecular formula is C21H25N3O2. The summed E-state index contributed by atoms with van der Waals surface area (Å²) < 4.78 is 10.3. The molecule has 5 heteroatoms. The Morgan fingerprint density at radius 3 is 2.77 bits per heavy atom. The van der Waals surface area contributed by atoms with E-state index in [-0.39, 0.29) is 6.79 Å². The molecule has 0 fully saturated rings. The van der Waals surface area contributed by atoms with Crippen LogP contribution >= 0.6 is 0 Å². The fourth-order valence-corrected chi connectivity index (χ4v) is 2.43. The van der Waals surface area contributed by atoms with Gasteiger partial charge < -0.3 is 25.5 Å². The number of hydrogen-bond acceptors (Lipinski definition) is 5. The van der Waals surface area contributed by atoms with E-state index in [4.69, 9.17) is 14.9 Å². The highest BCUT2D eigenvalue weighted by molar-refractivity contribution is 6.09. The van der Waals surface area contributed by atoms with Gasteiger partial charge in [-0.25, -0.2) is 0 Å². The van der Waals surface area contributed by atoms with Crippen molar-refractivity contribution in [2.24, 2.45) is 0 Å². The molecule has 1 aromatic rings. The zero-order valence-corrected chi connectivity index (χ0v) is 15.3. The molecule has 0 spiro atoms. The van der Waals surface area contributed by atoms with Crippen LogP contribution in [0.3, 0.4) is 0 Å². The predicted octanol–water partition coefficient (Wildman–Crippen LogP) is 2.72. The second-order valence-electron chi connectivity index (χ2n) is 5.56. The van der Waals surface area contributed by atoms with Crippen molar-refractivity contribution < 1.29 is 9.47 Å². The first-order valence-corrected chi connectivity index (χ1v) is 8.49. The number of benzene rings is 1. The monoisotopic (exact) mass is 351 g/mol. The largest absolute Gasteiger partial charge is 0.374 e. The molecule has 0 radical (unpaired) electrons. The Morgan fingerprint density at radius 1 is 1.19 bits per heavy atom. The fraction of sp³-hybridized carbons (Fsp3) is 0.286. The van der Waals surface area contributed by atoms with Gasteiger partial charge in [-0.2, -0.15) is 0 Å². The highest BCUT2D eigenvalue weighted by atomic mass is 16.7. The molecule has 1 aliphatic rings. The van der Waals surface area contributed by atoms with E-state index in [1.54, 1.807) is 13.2 Å². The average Bonchev–Trinajstić information content (AvgIpc) is 2.67. The third-order valence-electron chi connectivity index (χ3n) is 3.70. The van der Waals surface area contributed by atoms with Crippen molar-refractivity contribution in [3.8, 4) is 11.8 Å². The molecule has 0 saturated heterocycles. The minimum atomic E-state index is 0.270. The number of nitrogens with one attached hydrogen (secondary N) is 3. The first-order valence-electron chi connectivity index (χ1n) is 8.49. The smallest absolute Gasteiger partial charge is 0.146 e. The Labute approximate surface area is 155 Å². The number of rotatable bonds is 8. The van der Waals surface area contributed by atoms with Crippen molar-refractivity contribution in [2.45, 2.75) is 13.0 Å². The lowest BCUT2D eigenvalue weighted by molar-refractivity contribution is -0.0391. The summed E-state index contributed by atoms with van der Waals surface area (Å²) >= 11 is 0. The van der Waals surface area contributed by atoms with E-state index in [9.17, 15) is 0 Å². The van der Waals surface area contributed by atoms with Crippen LogP contribution in [0.4, 0.5) is 0 Å². The second-order valence-corrected chi connectivity index (χ2v) is 5.56. The van der Waals surface area contributed by atoms with Gasteiger partial charge in [0, 0.05) is 38.3 Å². The molecule has 0 amide bonds. The first kappa shape index (κ1) is 19.5. The van der Waals surface area contributed by atoms with Crippen molar-refractivity contribution in [3.05, 3.63) is 71.1 Å². The van der Waals surface area contributed by atoms with Gasteiger partial charge in [0.1, 0.15) is 12.6 Å². The van der Waals surface area contributed by atoms with Gasteiger partial charge in [-0.1, -0.05) is 42.2 Å². The van der Waals surface area contributed by atoms with Gasteiger partial charge in [-0.15, -0.1) is 0 Å². The van der Waals surface area contributed by atoms with Crippen molar-refractivity contribution in [1.29, 1.82) is 5.41 Å². The van der Waals surface area contributed by atoms with Gasteiger partial charge in [-0.3, -0.25) is 0 Å². The van der Waals surface area contributed by atoms with Crippen LogP contribution in [0.15, 0.2) is 60.0 Å². The second kappa shape index (κ2) is 10.9. The van der Waals surface area contributed by atoms with E-state index in [1.807, 2.05) is 49.5 Å². The average molecular weight is 351 g/mol. The van der Waals surface area contributed by atoms with Crippen LogP contribution in [-0.4, -0.2) is 33.2 Å².